The Bertz CT molecular complexity index is 486. The molecule has 2 fully saturated rings. The van der Waals surface area contributed by atoms with E-state index >= 15 is 0 Å². The number of fused-ring (bicyclic) bond motifs is 1. The van der Waals surface area contributed by atoms with Gasteiger partial charge in [-0.15, -0.1) is 0 Å². The topological polar surface area (TPSA) is 41.1 Å². The normalized spacial score (nSPS) is 28.0. The lowest BCUT2D eigenvalue weighted by atomic mass is 10.0. The van der Waals surface area contributed by atoms with Gasteiger partial charge in [0, 0.05) is 17.6 Å². The highest BCUT2D eigenvalue weighted by Crippen LogP contribution is 2.54. The highest BCUT2D eigenvalue weighted by molar-refractivity contribution is 5.92. The lowest BCUT2D eigenvalue weighted by molar-refractivity contribution is -0.120. The van der Waals surface area contributed by atoms with Gasteiger partial charge in [0.25, 0.3) is 0 Å². The molecule has 114 valence electrons. The summed E-state index contributed by atoms with van der Waals surface area (Å²) < 4.78 is 0. The van der Waals surface area contributed by atoms with Gasteiger partial charge in [-0.3, -0.25) is 4.79 Å². The first kappa shape index (κ1) is 14.6. The van der Waals surface area contributed by atoms with Crippen molar-refractivity contribution in [2.24, 2.45) is 17.8 Å². The zero-order valence-electron chi connectivity index (χ0n) is 13.1. The molecule has 1 amide bonds. The molecule has 0 saturated heterocycles. The first-order valence-corrected chi connectivity index (χ1v) is 8.31. The van der Waals surface area contributed by atoms with E-state index in [-0.39, 0.29) is 11.8 Å². The fourth-order valence-electron chi connectivity index (χ4n) is 3.51. The van der Waals surface area contributed by atoms with E-state index in [0.29, 0.717) is 6.04 Å². The number of carbonyl (C=O) groups is 1. The van der Waals surface area contributed by atoms with Crippen molar-refractivity contribution in [3.8, 4) is 0 Å². The third kappa shape index (κ3) is 3.46. The smallest absolute Gasteiger partial charge is 0.227 e. The molecule has 1 aromatic carbocycles. The van der Waals surface area contributed by atoms with Crippen molar-refractivity contribution < 1.29 is 4.79 Å². The Morgan fingerprint density at radius 1 is 1.19 bits per heavy atom. The van der Waals surface area contributed by atoms with Crippen LogP contribution in [-0.4, -0.2) is 12.5 Å². The molecular formula is C18H26N2O. The summed E-state index contributed by atoms with van der Waals surface area (Å²) in [6.07, 6.45) is 4.71. The molecule has 2 saturated carbocycles. The van der Waals surface area contributed by atoms with Crippen molar-refractivity contribution in [2.45, 2.75) is 45.6 Å². The van der Waals surface area contributed by atoms with Crippen LogP contribution < -0.4 is 10.6 Å². The van der Waals surface area contributed by atoms with Crippen molar-refractivity contribution in [3.63, 3.8) is 0 Å². The number of anilines is 1. The number of rotatable bonds is 6. The van der Waals surface area contributed by atoms with E-state index < -0.39 is 0 Å². The van der Waals surface area contributed by atoms with Gasteiger partial charge in [-0.1, -0.05) is 19.1 Å². The Kier molecular flexibility index (Phi) is 4.29. The molecule has 2 aliphatic rings. The van der Waals surface area contributed by atoms with Crippen molar-refractivity contribution in [2.75, 3.05) is 11.9 Å². The molecule has 3 heteroatoms. The van der Waals surface area contributed by atoms with Crippen LogP contribution >= 0.6 is 0 Å². The van der Waals surface area contributed by atoms with E-state index in [1.807, 2.05) is 12.1 Å². The predicted molar refractivity (Wildman–Crippen MR) is 86.1 cm³/mol. The molecule has 0 radical (unpaired) electrons. The average Bonchev–Trinajstić information content (AvgIpc) is 3.11. The van der Waals surface area contributed by atoms with Gasteiger partial charge in [0.15, 0.2) is 0 Å². The van der Waals surface area contributed by atoms with E-state index in [4.69, 9.17) is 0 Å². The molecule has 2 N–H and O–H groups in total. The molecule has 0 heterocycles. The molecule has 0 bridgehead atoms. The van der Waals surface area contributed by atoms with Crippen LogP contribution in [0, 0.1) is 17.8 Å². The first-order chi connectivity index (χ1) is 10.2. The molecular weight excluding hydrogens is 260 g/mol. The SMILES string of the molecule is CCCNC(C)c1ccc(NC(=O)C2CC3CC3C2)cc1. The molecule has 3 rings (SSSR count). The van der Waals surface area contributed by atoms with Crippen LogP contribution in [0.2, 0.25) is 0 Å². The summed E-state index contributed by atoms with van der Waals surface area (Å²) in [6, 6.07) is 8.61. The third-order valence-electron chi connectivity index (χ3n) is 4.99. The Morgan fingerprint density at radius 2 is 1.86 bits per heavy atom. The van der Waals surface area contributed by atoms with Crippen LogP contribution in [0.15, 0.2) is 24.3 Å². The molecule has 3 unspecified atom stereocenters. The third-order valence-corrected chi connectivity index (χ3v) is 4.99. The second-order valence-electron chi connectivity index (χ2n) is 6.71. The maximum Gasteiger partial charge on any atom is 0.227 e. The van der Waals surface area contributed by atoms with E-state index in [1.165, 1.54) is 12.0 Å². The number of nitrogens with one attached hydrogen (secondary N) is 2. The molecule has 3 nitrogen and oxygen atoms in total. The van der Waals surface area contributed by atoms with Gasteiger partial charge in [0.2, 0.25) is 5.91 Å². The second kappa shape index (κ2) is 6.18. The monoisotopic (exact) mass is 286 g/mol. The molecule has 21 heavy (non-hydrogen) atoms. The lowest BCUT2D eigenvalue weighted by Crippen LogP contribution is -2.22. The molecule has 0 aliphatic heterocycles. The molecule has 3 atom stereocenters. The van der Waals surface area contributed by atoms with Gasteiger partial charge in [0.05, 0.1) is 0 Å². The number of carbonyl (C=O) groups excluding carboxylic acids is 1. The van der Waals surface area contributed by atoms with Crippen LogP contribution in [0.1, 0.15) is 51.1 Å². The van der Waals surface area contributed by atoms with E-state index in [2.05, 4.69) is 36.6 Å². The summed E-state index contributed by atoms with van der Waals surface area (Å²) in [4.78, 5) is 12.2. The number of hydrogen-bond donors (Lipinski definition) is 2. The predicted octanol–water partition coefficient (Wildman–Crippen LogP) is 3.73. The van der Waals surface area contributed by atoms with Crippen LogP contribution in [0.4, 0.5) is 5.69 Å². The van der Waals surface area contributed by atoms with Gasteiger partial charge in [0.1, 0.15) is 0 Å². The van der Waals surface area contributed by atoms with Crippen LogP contribution in [0.3, 0.4) is 0 Å². The average molecular weight is 286 g/mol. The summed E-state index contributed by atoms with van der Waals surface area (Å²) >= 11 is 0. The van der Waals surface area contributed by atoms with Crippen molar-refractivity contribution in [1.82, 2.24) is 5.32 Å². The zero-order chi connectivity index (χ0) is 14.8. The Balaban J connectivity index is 1.53. The molecule has 0 aromatic heterocycles. The van der Waals surface area contributed by atoms with Crippen molar-refractivity contribution in [1.29, 1.82) is 0 Å². The first-order valence-electron chi connectivity index (χ1n) is 8.31. The fourth-order valence-corrected chi connectivity index (χ4v) is 3.51. The van der Waals surface area contributed by atoms with Gasteiger partial charge >= 0.3 is 0 Å². The van der Waals surface area contributed by atoms with E-state index in [9.17, 15) is 4.79 Å². The summed E-state index contributed by atoms with van der Waals surface area (Å²) in [6.45, 7) is 5.38. The highest BCUT2D eigenvalue weighted by atomic mass is 16.1. The van der Waals surface area contributed by atoms with Crippen LogP contribution in [0.5, 0.6) is 0 Å². The summed E-state index contributed by atoms with van der Waals surface area (Å²) in [5.74, 6) is 2.17. The maximum absolute atomic E-state index is 12.2. The standard InChI is InChI=1S/C18H26N2O/c1-3-8-19-12(2)13-4-6-17(7-5-13)20-18(21)16-10-14-9-15(14)11-16/h4-7,12,14-16,19H,3,8-11H2,1-2H3,(H,20,21). The highest BCUT2D eigenvalue weighted by Gasteiger charge is 2.47. The number of hydrogen-bond acceptors (Lipinski definition) is 2. The quantitative estimate of drug-likeness (QED) is 0.836. The minimum Gasteiger partial charge on any atom is -0.326 e. The summed E-state index contributed by atoms with van der Waals surface area (Å²) in [7, 11) is 0. The largest absolute Gasteiger partial charge is 0.326 e. The van der Waals surface area contributed by atoms with Gasteiger partial charge < -0.3 is 10.6 Å². The zero-order valence-corrected chi connectivity index (χ0v) is 13.1. The van der Waals surface area contributed by atoms with Gasteiger partial charge in [-0.05, 0) is 68.7 Å². The van der Waals surface area contributed by atoms with Crippen LogP contribution in [-0.2, 0) is 4.79 Å². The lowest BCUT2D eigenvalue weighted by Gasteiger charge is -2.15. The number of amides is 1. The van der Waals surface area contributed by atoms with E-state index in [0.717, 1.165) is 43.3 Å². The minimum absolute atomic E-state index is 0.215. The van der Waals surface area contributed by atoms with Gasteiger partial charge in [-0.25, -0.2) is 0 Å². The number of benzene rings is 1. The van der Waals surface area contributed by atoms with E-state index in [1.54, 1.807) is 0 Å². The van der Waals surface area contributed by atoms with Crippen LogP contribution in [0.25, 0.3) is 0 Å². The Morgan fingerprint density at radius 3 is 2.48 bits per heavy atom. The maximum atomic E-state index is 12.2. The summed E-state index contributed by atoms with van der Waals surface area (Å²) in [5.41, 5.74) is 2.19. The molecule has 2 aliphatic carbocycles. The minimum atomic E-state index is 0.215. The Hall–Kier alpha value is -1.35. The summed E-state index contributed by atoms with van der Waals surface area (Å²) in [5, 5.41) is 6.55. The Labute approximate surface area is 127 Å². The van der Waals surface area contributed by atoms with Crippen molar-refractivity contribution in [3.05, 3.63) is 29.8 Å². The second-order valence-corrected chi connectivity index (χ2v) is 6.71. The van der Waals surface area contributed by atoms with Crippen molar-refractivity contribution >= 4 is 11.6 Å². The fraction of sp³-hybridized carbons (Fsp3) is 0.611. The molecule has 1 aromatic rings. The molecule has 0 spiro atoms. The van der Waals surface area contributed by atoms with Gasteiger partial charge in [-0.2, -0.15) is 0 Å².